The maximum Gasteiger partial charge on any atom is 0.282 e. The van der Waals surface area contributed by atoms with Gasteiger partial charge in [-0.25, -0.2) is 4.90 Å². The van der Waals surface area contributed by atoms with E-state index in [1.807, 2.05) is 47.5 Å². The van der Waals surface area contributed by atoms with Crippen LogP contribution in [-0.4, -0.2) is 18.4 Å². The summed E-state index contributed by atoms with van der Waals surface area (Å²) in [6.07, 6.45) is 0.846. The summed E-state index contributed by atoms with van der Waals surface area (Å²) >= 11 is 7.56. The minimum atomic E-state index is -0.291. The van der Waals surface area contributed by atoms with Crippen molar-refractivity contribution in [3.63, 3.8) is 0 Å². The van der Waals surface area contributed by atoms with E-state index in [0.29, 0.717) is 28.5 Å². The summed E-state index contributed by atoms with van der Waals surface area (Å²) in [7, 11) is 0. The van der Waals surface area contributed by atoms with E-state index in [0.717, 1.165) is 22.5 Å². The minimum absolute atomic E-state index is 0.290. The summed E-state index contributed by atoms with van der Waals surface area (Å²) in [4.78, 5) is 31.2. The minimum Gasteiger partial charge on any atom is -0.336 e. The zero-order chi connectivity index (χ0) is 20.1. The Labute approximate surface area is 177 Å². The number of halogens is 1. The van der Waals surface area contributed by atoms with Crippen molar-refractivity contribution in [1.82, 2.24) is 0 Å². The molecule has 0 fully saturated rings. The molecule has 5 rings (SSSR count). The molecule has 0 N–H and O–H groups in total. The highest BCUT2D eigenvalue weighted by Crippen LogP contribution is 2.41. The number of rotatable bonds is 3. The third kappa shape index (κ3) is 2.81. The molecule has 29 heavy (non-hydrogen) atoms. The van der Waals surface area contributed by atoms with Crippen molar-refractivity contribution in [2.75, 3.05) is 16.3 Å². The first kappa shape index (κ1) is 18.2. The fourth-order valence-electron chi connectivity index (χ4n) is 4.07. The Kier molecular flexibility index (Phi) is 4.30. The topological polar surface area (TPSA) is 40.6 Å². The van der Waals surface area contributed by atoms with Crippen LogP contribution in [0.25, 0.3) is 5.57 Å². The van der Waals surface area contributed by atoms with Gasteiger partial charge in [0.2, 0.25) is 0 Å². The normalized spacial score (nSPS) is 16.2. The van der Waals surface area contributed by atoms with E-state index in [-0.39, 0.29) is 11.8 Å². The van der Waals surface area contributed by atoms with Crippen LogP contribution in [0, 0.1) is 6.92 Å². The van der Waals surface area contributed by atoms with Gasteiger partial charge in [0.05, 0.1) is 11.3 Å². The number of amides is 2. The SMILES string of the molecule is Cc1cc(Cl)ccc1N1C(=O)C(c2cccs2)=C(N2CCc3ccccc32)C1=O. The van der Waals surface area contributed by atoms with E-state index >= 15 is 0 Å². The van der Waals surface area contributed by atoms with E-state index in [2.05, 4.69) is 6.07 Å². The lowest BCUT2D eigenvalue weighted by Gasteiger charge is -2.22. The maximum atomic E-state index is 13.6. The van der Waals surface area contributed by atoms with E-state index in [1.54, 1.807) is 18.2 Å². The Balaban J connectivity index is 1.68. The van der Waals surface area contributed by atoms with Crippen LogP contribution in [0.4, 0.5) is 11.4 Å². The highest BCUT2D eigenvalue weighted by Gasteiger charge is 2.44. The average molecular weight is 421 g/mol. The maximum absolute atomic E-state index is 13.6. The van der Waals surface area contributed by atoms with Crippen LogP contribution < -0.4 is 9.80 Å². The number of fused-ring (bicyclic) bond motifs is 1. The molecule has 0 spiro atoms. The lowest BCUT2D eigenvalue weighted by molar-refractivity contribution is -0.120. The molecule has 3 aromatic rings. The predicted octanol–water partition coefficient (Wildman–Crippen LogP) is 5.06. The van der Waals surface area contributed by atoms with Crippen molar-refractivity contribution < 1.29 is 9.59 Å². The van der Waals surface area contributed by atoms with Gasteiger partial charge in [-0.05, 0) is 60.2 Å². The summed E-state index contributed by atoms with van der Waals surface area (Å²) in [6.45, 7) is 2.53. The second kappa shape index (κ2) is 6.87. The molecule has 0 saturated heterocycles. The van der Waals surface area contributed by atoms with E-state index < -0.39 is 0 Å². The summed E-state index contributed by atoms with van der Waals surface area (Å²) in [6, 6.07) is 17.1. The Morgan fingerprint density at radius 2 is 1.79 bits per heavy atom. The molecule has 4 nitrogen and oxygen atoms in total. The second-order valence-electron chi connectivity index (χ2n) is 7.11. The number of aryl methyl sites for hydroxylation is 1. The highest BCUT2D eigenvalue weighted by atomic mass is 35.5. The molecule has 2 aliphatic heterocycles. The monoisotopic (exact) mass is 420 g/mol. The lowest BCUT2D eigenvalue weighted by atomic mass is 10.1. The van der Waals surface area contributed by atoms with Crippen LogP contribution in [0.5, 0.6) is 0 Å². The Morgan fingerprint density at radius 1 is 0.966 bits per heavy atom. The van der Waals surface area contributed by atoms with Gasteiger partial charge >= 0.3 is 0 Å². The third-order valence-electron chi connectivity index (χ3n) is 5.38. The van der Waals surface area contributed by atoms with Gasteiger partial charge in [-0.2, -0.15) is 0 Å². The number of imide groups is 1. The van der Waals surface area contributed by atoms with Gasteiger partial charge in [-0.1, -0.05) is 35.9 Å². The van der Waals surface area contributed by atoms with Gasteiger partial charge in [-0.3, -0.25) is 9.59 Å². The summed E-state index contributed by atoms with van der Waals surface area (Å²) < 4.78 is 0. The second-order valence-corrected chi connectivity index (χ2v) is 8.49. The number of anilines is 2. The Bertz CT molecular complexity index is 1180. The van der Waals surface area contributed by atoms with Crippen LogP contribution in [0.2, 0.25) is 5.02 Å². The molecule has 6 heteroatoms. The quantitative estimate of drug-likeness (QED) is 0.556. The third-order valence-corrected chi connectivity index (χ3v) is 6.51. The van der Waals surface area contributed by atoms with Gasteiger partial charge in [-0.15, -0.1) is 11.3 Å². The smallest absolute Gasteiger partial charge is 0.282 e. The largest absolute Gasteiger partial charge is 0.336 e. The van der Waals surface area contributed by atoms with Crippen molar-refractivity contribution >= 4 is 51.7 Å². The number of nitrogens with zero attached hydrogens (tertiary/aromatic N) is 2. The molecule has 2 aromatic carbocycles. The van der Waals surface area contributed by atoms with Gasteiger partial charge in [0.15, 0.2) is 0 Å². The number of carbonyl (C=O) groups excluding carboxylic acids is 2. The number of hydrogen-bond donors (Lipinski definition) is 0. The molecule has 2 aliphatic rings. The number of hydrogen-bond acceptors (Lipinski definition) is 4. The fraction of sp³-hybridized carbons (Fsp3) is 0.130. The molecule has 0 bridgehead atoms. The van der Waals surface area contributed by atoms with Crippen LogP contribution in [0.1, 0.15) is 16.0 Å². The zero-order valence-electron chi connectivity index (χ0n) is 15.7. The predicted molar refractivity (Wildman–Crippen MR) is 117 cm³/mol. The van der Waals surface area contributed by atoms with Crippen LogP contribution in [0.3, 0.4) is 0 Å². The molecule has 2 amide bonds. The molecule has 0 unspecified atom stereocenters. The number of benzene rings is 2. The molecular formula is C23H17ClN2O2S. The number of para-hydroxylation sites is 1. The highest BCUT2D eigenvalue weighted by molar-refractivity contribution is 7.11. The molecule has 0 atom stereocenters. The van der Waals surface area contributed by atoms with Crippen molar-refractivity contribution in [3.8, 4) is 0 Å². The Morgan fingerprint density at radius 3 is 2.55 bits per heavy atom. The van der Waals surface area contributed by atoms with E-state index in [1.165, 1.54) is 21.8 Å². The number of carbonyl (C=O) groups is 2. The first-order chi connectivity index (χ1) is 14.1. The lowest BCUT2D eigenvalue weighted by Crippen LogP contribution is -2.35. The first-order valence-corrected chi connectivity index (χ1v) is 10.6. The van der Waals surface area contributed by atoms with Gasteiger partial charge < -0.3 is 4.90 Å². The van der Waals surface area contributed by atoms with E-state index in [9.17, 15) is 9.59 Å². The average Bonchev–Trinajstić information content (AvgIpc) is 3.41. The van der Waals surface area contributed by atoms with Crippen molar-refractivity contribution in [2.45, 2.75) is 13.3 Å². The molecule has 0 radical (unpaired) electrons. The van der Waals surface area contributed by atoms with Crippen molar-refractivity contribution in [2.24, 2.45) is 0 Å². The van der Waals surface area contributed by atoms with Crippen LogP contribution in [-0.2, 0) is 16.0 Å². The van der Waals surface area contributed by atoms with E-state index in [4.69, 9.17) is 11.6 Å². The summed E-state index contributed by atoms with van der Waals surface area (Å²) in [5.41, 5.74) is 4.46. The summed E-state index contributed by atoms with van der Waals surface area (Å²) in [5.74, 6) is -0.581. The van der Waals surface area contributed by atoms with Gasteiger partial charge in [0, 0.05) is 22.1 Å². The first-order valence-electron chi connectivity index (χ1n) is 9.35. The van der Waals surface area contributed by atoms with Crippen LogP contribution >= 0.6 is 22.9 Å². The number of thiophene rings is 1. The van der Waals surface area contributed by atoms with Crippen molar-refractivity contribution in [1.29, 1.82) is 0 Å². The molecule has 0 saturated carbocycles. The van der Waals surface area contributed by atoms with Crippen molar-refractivity contribution in [3.05, 3.63) is 86.7 Å². The van der Waals surface area contributed by atoms with Gasteiger partial charge in [0.25, 0.3) is 11.8 Å². The standard InChI is InChI=1S/C23H17ClN2O2S/c1-14-13-16(24)8-9-17(14)26-22(27)20(19-7-4-12-29-19)21(23(26)28)25-11-10-15-5-2-3-6-18(15)25/h2-9,12-13H,10-11H2,1H3. The molecule has 144 valence electrons. The zero-order valence-corrected chi connectivity index (χ0v) is 17.3. The van der Waals surface area contributed by atoms with Crippen LogP contribution in [0.15, 0.2) is 65.7 Å². The van der Waals surface area contributed by atoms with Gasteiger partial charge in [0.1, 0.15) is 5.70 Å². The molecular weight excluding hydrogens is 404 g/mol. The summed E-state index contributed by atoms with van der Waals surface area (Å²) in [5, 5.41) is 2.50. The molecule has 0 aliphatic carbocycles. The Hall–Kier alpha value is -2.89. The molecule has 1 aromatic heterocycles. The molecule has 3 heterocycles. The fourth-order valence-corrected chi connectivity index (χ4v) is 5.06.